The Hall–Kier alpha value is -2.56. The van der Waals surface area contributed by atoms with Gasteiger partial charge in [0.1, 0.15) is 11.4 Å². The lowest BCUT2D eigenvalue weighted by Gasteiger charge is -2.00. The van der Waals surface area contributed by atoms with Crippen LogP contribution < -0.4 is 5.32 Å². The molecule has 0 aromatic carbocycles. The van der Waals surface area contributed by atoms with Crippen molar-refractivity contribution in [3.8, 4) is 0 Å². The summed E-state index contributed by atoms with van der Waals surface area (Å²) in [6.45, 7) is 2.42. The summed E-state index contributed by atoms with van der Waals surface area (Å²) in [6.07, 6.45) is 5.68. The molecule has 0 radical (unpaired) electrons. The average molecular weight is 269 g/mol. The zero-order valence-electron chi connectivity index (χ0n) is 11.2. The van der Waals surface area contributed by atoms with Crippen LogP contribution >= 0.6 is 0 Å². The highest BCUT2D eigenvalue weighted by atomic mass is 16.3. The molecule has 0 aliphatic heterocycles. The van der Waals surface area contributed by atoms with Crippen LogP contribution in [0.5, 0.6) is 0 Å². The van der Waals surface area contributed by atoms with Crippen LogP contribution in [0.4, 0.5) is 0 Å². The highest BCUT2D eigenvalue weighted by molar-refractivity contribution is 5.78. The van der Waals surface area contributed by atoms with Crippen LogP contribution in [-0.4, -0.2) is 15.3 Å². The lowest BCUT2D eigenvalue weighted by molar-refractivity contribution is -0.120. The van der Waals surface area contributed by atoms with Crippen molar-refractivity contribution in [1.82, 2.24) is 14.7 Å². The van der Waals surface area contributed by atoms with Gasteiger partial charge >= 0.3 is 0 Å². The van der Waals surface area contributed by atoms with E-state index in [2.05, 4.69) is 10.3 Å². The number of aryl methyl sites for hydroxylation is 1. The zero-order chi connectivity index (χ0) is 13.9. The first-order valence-corrected chi connectivity index (χ1v) is 6.44. The first-order valence-electron chi connectivity index (χ1n) is 6.44. The minimum absolute atomic E-state index is 0.0680. The number of nitrogens with zero attached hydrogens (tertiary/aromatic N) is 2. The molecule has 0 saturated heterocycles. The average Bonchev–Trinajstić information content (AvgIpc) is 3.04. The number of carbonyl (C=O) groups is 1. The molecule has 0 saturated carbocycles. The molecule has 0 bridgehead atoms. The van der Waals surface area contributed by atoms with Crippen molar-refractivity contribution in [3.05, 3.63) is 59.9 Å². The van der Waals surface area contributed by atoms with Crippen LogP contribution in [0.25, 0.3) is 5.65 Å². The van der Waals surface area contributed by atoms with E-state index in [4.69, 9.17) is 4.42 Å². The molecule has 3 aromatic rings. The van der Waals surface area contributed by atoms with Crippen molar-refractivity contribution in [3.63, 3.8) is 0 Å². The van der Waals surface area contributed by atoms with E-state index in [1.165, 1.54) is 0 Å². The third-order valence-corrected chi connectivity index (χ3v) is 3.05. The molecule has 0 atom stereocenters. The second kappa shape index (κ2) is 5.21. The van der Waals surface area contributed by atoms with E-state index in [1.807, 2.05) is 41.9 Å². The first kappa shape index (κ1) is 12.5. The molecule has 0 aliphatic rings. The molecule has 1 amide bonds. The number of hydrogen-bond acceptors (Lipinski definition) is 3. The zero-order valence-corrected chi connectivity index (χ0v) is 11.2. The Morgan fingerprint density at radius 2 is 2.35 bits per heavy atom. The number of aromatic nitrogens is 2. The molecule has 0 fully saturated rings. The van der Waals surface area contributed by atoms with E-state index >= 15 is 0 Å². The van der Waals surface area contributed by atoms with Crippen molar-refractivity contribution < 1.29 is 9.21 Å². The van der Waals surface area contributed by atoms with Crippen LogP contribution in [0.1, 0.15) is 17.0 Å². The van der Waals surface area contributed by atoms with Gasteiger partial charge in [0.2, 0.25) is 5.91 Å². The van der Waals surface area contributed by atoms with Crippen LogP contribution in [0.15, 0.2) is 47.3 Å². The lowest BCUT2D eigenvalue weighted by atomic mass is 10.3. The Labute approximate surface area is 116 Å². The molecule has 0 unspecified atom stereocenters. The fourth-order valence-corrected chi connectivity index (χ4v) is 2.05. The van der Waals surface area contributed by atoms with E-state index < -0.39 is 0 Å². The second-order valence-electron chi connectivity index (χ2n) is 4.73. The van der Waals surface area contributed by atoms with Gasteiger partial charge in [0.15, 0.2) is 0 Å². The van der Waals surface area contributed by atoms with Crippen molar-refractivity contribution >= 4 is 11.6 Å². The molecule has 5 nitrogen and oxygen atoms in total. The van der Waals surface area contributed by atoms with E-state index in [0.29, 0.717) is 6.54 Å². The molecule has 0 aliphatic carbocycles. The molecule has 5 heteroatoms. The standard InChI is InChI=1S/C15H15N3O2/c1-11-4-5-18-10-12(17-14(18)7-11)8-15(19)16-9-13-3-2-6-20-13/h2-7,10H,8-9H2,1H3,(H,16,19). The summed E-state index contributed by atoms with van der Waals surface area (Å²) >= 11 is 0. The number of fused-ring (bicyclic) bond motifs is 1. The topological polar surface area (TPSA) is 59.5 Å². The first-order chi connectivity index (χ1) is 9.70. The van der Waals surface area contributed by atoms with Crippen LogP contribution in [0, 0.1) is 6.92 Å². The lowest BCUT2D eigenvalue weighted by Crippen LogP contribution is -2.24. The van der Waals surface area contributed by atoms with Crippen LogP contribution in [0.2, 0.25) is 0 Å². The maximum absolute atomic E-state index is 11.8. The number of rotatable bonds is 4. The monoisotopic (exact) mass is 269 g/mol. The van der Waals surface area contributed by atoms with E-state index in [9.17, 15) is 4.79 Å². The SMILES string of the molecule is Cc1ccn2cc(CC(=O)NCc3ccco3)nc2c1. The second-order valence-corrected chi connectivity index (χ2v) is 4.73. The number of furan rings is 1. The summed E-state index contributed by atoms with van der Waals surface area (Å²) in [7, 11) is 0. The number of carbonyl (C=O) groups excluding carboxylic acids is 1. The summed E-state index contributed by atoms with van der Waals surface area (Å²) in [5.41, 5.74) is 2.77. The number of amides is 1. The van der Waals surface area contributed by atoms with Crippen molar-refractivity contribution in [2.45, 2.75) is 19.9 Å². The Bertz CT molecular complexity index is 729. The van der Waals surface area contributed by atoms with Gasteiger partial charge in [-0.3, -0.25) is 4.79 Å². The molecule has 0 spiro atoms. The Kier molecular flexibility index (Phi) is 3.25. The molecule has 3 rings (SSSR count). The van der Waals surface area contributed by atoms with Gasteiger partial charge in [0.25, 0.3) is 0 Å². The third kappa shape index (κ3) is 2.71. The Balaban J connectivity index is 1.65. The van der Waals surface area contributed by atoms with Gasteiger partial charge in [-0.15, -0.1) is 0 Å². The quantitative estimate of drug-likeness (QED) is 0.789. The molecular weight excluding hydrogens is 254 g/mol. The molecule has 3 heterocycles. The molecule has 20 heavy (non-hydrogen) atoms. The van der Waals surface area contributed by atoms with Gasteiger partial charge in [-0.2, -0.15) is 0 Å². The summed E-state index contributed by atoms with van der Waals surface area (Å²) < 4.78 is 7.08. The normalized spacial score (nSPS) is 10.8. The number of pyridine rings is 1. The number of hydrogen-bond donors (Lipinski definition) is 1. The molecule has 3 aromatic heterocycles. The van der Waals surface area contributed by atoms with Crippen molar-refractivity contribution in [1.29, 1.82) is 0 Å². The van der Waals surface area contributed by atoms with Gasteiger partial charge in [0, 0.05) is 12.4 Å². The number of imidazole rings is 1. The van der Waals surface area contributed by atoms with Gasteiger partial charge in [-0.25, -0.2) is 4.98 Å². The molecule has 1 N–H and O–H groups in total. The third-order valence-electron chi connectivity index (χ3n) is 3.05. The predicted molar refractivity (Wildman–Crippen MR) is 74.2 cm³/mol. The van der Waals surface area contributed by atoms with Gasteiger partial charge in [0.05, 0.1) is 24.9 Å². The summed E-state index contributed by atoms with van der Waals surface area (Å²) in [5, 5.41) is 2.81. The molecular formula is C15H15N3O2. The van der Waals surface area contributed by atoms with Gasteiger partial charge in [-0.1, -0.05) is 0 Å². The Morgan fingerprint density at radius 1 is 1.45 bits per heavy atom. The van der Waals surface area contributed by atoms with Crippen molar-refractivity contribution in [2.75, 3.05) is 0 Å². The van der Waals surface area contributed by atoms with E-state index in [1.54, 1.807) is 12.3 Å². The summed E-state index contributed by atoms with van der Waals surface area (Å²) in [5.74, 6) is 0.672. The highest BCUT2D eigenvalue weighted by Crippen LogP contribution is 2.08. The maximum atomic E-state index is 11.8. The molecule has 102 valence electrons. The summed E-state index contributed by atoms with van der Waals surface area (Å²) in [4.78, 5) is 16.3. The Morgan fingerprint density at radius 3 is 3.15 bits per heavy atom. The minimum atomic E-state index is -0.0680. The predicted octanol–water partition coefficient (Wildman–Crippen LogP) is 2.09. The minimum Gasteiger partial charge on any atom is -0.467 e. The van der Waals surface area contributed by atoms with Gasteiger partial charge < -0.3 is 14.1 Å². The fourth-order valence-electron chi connectivity index (χ4n) is 2.05. The van der Waals surface area contributed by atoms with Crippen molar-refractivity contribution in [2.24, 2.45) is 0 Å². The van der Waals surface area contributed by atoms with E-state index in [0.717, 1.165) is 22.7 Å². The fraction of sp³-hybridized carbons (Fsp3) is 0.200. The number of nitrogens with one attached hydrogen (secondary N) is 1. The van der Waals surface area contributed by atoms with Gasteiger partial charge in [-0.05, 0) is 36.8 Å². The van der Waals surface area contributed by atoms with Crippen LogP contribution in [0.3, 0.4) is 0 Å². The van der Waals surface area contributed by atoms with E-state index in [-0.39, 0.29) is 12.3 Å². The highest BCUT2D eigenvalue weighted by Gasteiger charge is 2.08. The summed E-state index contributed by atoms with van der Waals surface area (Å²) in [6, 6.07) is 7.62. The largest absolute Gasteiger partial charge is 0.467 e. The van der Waals surface area contributed by atoms with Crippen LogP contribution in [-0.2, 0) is 17.8 Å². The smallest absolute Gasteiger partial charge is 0.226 e. The maximum Gasteiger partial charge on any atom is 0.226 e.